The van der Waals surface area contributed by atoms with Gasteiger partial charge in [0.1, 0.15) is 17.0 Å². The molecule has 1 fully saturated rings. The Balaban J connectivity index is 0.00000106. The molecule has 1 aliphatic rings. The molecule has 0 radical (unpaired) electrons. The van der Waals surface area contributed by atoms with Crippen LogP contribution in [0.25, 0.3) is 0 Å². The van der Waals surface area contributed by atoms with E-state index in [1.54, 1.807) is 0 Å². The van der Waals surface area contributed by atoms with Crippen LogP contribution in [0.1, 0.15) is 33.1 Å². The molecule has 21 heavy (non-hydrogen) atoms. The lowest BCUT2D eigenvalue weighted by atomic mass is 9.97. The third-order valence-electron chi connectivity index (χ3n) is 3.26. The van der Waals surface area contributed by atoms with Gasteiger partial charge < -0.3 is 10.1 Å². The van der Waals surface area contributed by atoms with E-state index in [4.69, 9.17) is 16.3 Å². The third-order valence-corrected chi connectivity index (χ3v) is 3.46. The van der Waals surface area contributed by atoms with Crippen molar-refractivity contribution < 1.29 is 9.66 Å². The molecule has 7 heteroatoms. The lowest BCUT2D eigenvalue weighted by molar-refractivity contribution is -0.384. The van der Waals surface area contributed by atoms with Gasteiger partial charge in [-0.15, -0.1) is 0 Å². The first-order chi connectivity index (χ1) is 10.2. The van der Waals surface area contributed by atoms with Crippen molar-refractivity contribution >= 4 is 23.0 Å². The number of nitrogens with one attached hydrogen (secondary N) is 1. The highest BCUT2D eigenvalue weighted by Gasteiger charge is 2.16. The Morgan fingerprint density at radius 3 is 2.76 bits per heavy atom. The fourth-order valence-electron chi connectivity index (χ4n) is 2.16. The van der Waals surface area contributed by atoms with Crippen molar-refractivity contribution in [1.29, 1.82) is 0 Å². The molecule has 0 atom stereocenters. The average Bonchev–Trinajstić information content (AvgIpc) is 2.50. The molecule has 1 aromatic rings. The Morgan fingerprint density at radius 2 is 2.14 bits per heavy atom. The monoisotopic (exact) mass is 315 g/mol. The first-order valence-electron chi connectivity index (χ1n) is 7.28. The molecule has 0 saturated carbocycles. The highest BCUT2D eigenvalue weighted by atomic mass is 35.5. The molecule has 6 nitrogen and oxygen atoms in total. The summed E-state index contributed by atoms with van der Waals surface area (Å²) in [5.74, 6) is 0.623. The van der Waals surface area contributed by atoms with Gasteiger partial charge in [-0.25, -0.2) is 4.98 Å². The van der Waals surface area contributed by atoms with Crippen molar-refractivity contribution in [2.75, 3.05) is 25.1 Å². The maximum absolute atomic E-state index is 10.9. The number of ether oxygens (including phenoxy) is 1. The second-order valence-electron chi connectivity index (χ2n) is 4.55. The third kappa shape index (κ3) is 5.85. The SMILES string of the molecule is CC.O=[N+]([O-])c1cnc(Cl)cc1NCCC1CCOCC1. The lowest BCUT2D eigenvalue weighted by Gasteiger charge is -2.22. The largest absolute Gasteiger partial charge is 0.381 e. The summed E-state index contributed by atoms with van der Waals surface area (Å²) in [7, 11) is 0. The minimum Gasteiger partial charge on any atom is -0.381 e. The number of hydrogen-bond acceptors (Lipinski definition) is 5. The topological polar surface area (TPSA) is 77.3 Å². The van der Waals surface area contributed by atoms with Crippen LogP contribution < -0.4 is 5.32 Å². The Labute approximate surface area is 130 Å². The molecule has 0 aliphatic carbocycles. The maximum atomic E-state index is 10.9. The molecule has 1 aromatic heterocycles. The highest BCUT2D eigenvalue weighted by molar-refractivity contribution is 6.29. The van der Waals surface area contributed by atoms with Crippen LogP contribution in [0.2, 0.25) is 5.15 Å². The quantitative estimate of drug-likeness (QED) is 0.506. The molecule has 0 bridgehead atoms. The second-order valence-corrected chi connectivity index (χ2v) is 4.94. The van der Waals surface area contributed by atoms with Crippen LogP contribution in [0.5, 0.6) is 0 Å². The molecule has 2 rings (SSSR count). The van der Waals surface area contributed by atoms with Gasteiger partial charge in [-0.2, -0.15) is 0 Å². The predicted octanol–water partition coefficient (Wildman–Crippen LogP) is 3.90. The molecule has 118 valence electrons. The maximum Gasteiger partial charge on any atom is 0.310 e. The zero-order chi connectivity index (χ0) is 15.7. The first kappa shape index (κ1) is 17.7. The van der Waals surface area contributed by atoms with E-state index in [-0.39, 0.29) is 10.8 Å². The van der Waals surface area contributed by atoms with Gasteiger partial charge in [0, 0.05) is 25.8 Å². The van der Waals surface area contributed by atoms with Crippen molar-refractivity contribution in [3.05, 3.63) is 27.5 Å². The van der Waals surface area contributed by atoms with Gasteiger partial charge in [0.15, 0.2) is 0 Å². The van der Waals surface area contributed by atoms with E-state index in [2.05, 4.69) is 10.3 Å². The van der Waals surface area contributed by atoms with Crippen molar-refractivity contribution in [2.45, 2.75) is 33.1 Å². The first-order valence-corrected chi connectivity index (χ1v) is 7.66. The van der Waals surface area contributed by atoms with Crippen LogP contribution in [0.4, 0.5) is 11.4 Å². The molecule has 1 N–H and O–H groups in total. The van der Waals surface area contributed by atoms with Gasteiger partial charge in [-0.05, 0) is 25.2 Å². The predicted molar refractivity (Wildman–Crippen MR) is 83.9 cm³/mol. The smallest absolute Gasteiger partial charge is 0.310 e. The Morgan fingerprint density at radius 1 is 1.48 bits per heavy atom. The van der Waals surface area contributed by atoms with Crippen LogP contribution in [0, 0.1) is 16.0 Å². The summed E-state index contributed by atoms with van der Waals surface area (Å²) in [6.07, 6.45) is 4.27. The summed E-state index contributed by atoms with van der Waals surface area (Å²) in [6, 6.07) is 1.49. The number of anilines is 1. The fourth-order valence-corrected chi connectivity index (χ4v) is 2.31. The second kappa shape index (κ2) is 9.52. The molecular weight excluding hydrogens is 294 g/mol. The molecule has 1 saturated heterocycles. The lowest BCUT2D eigenvalue weighted by Crippen LogP contribution is -2.18. The number of rotatable bonds is 5. The Hall–Kier alpha value is -1.40. The summed E-state index contributed by atoms with van der Waals surface area (Å²) < 4.78 is 5.30. The van der Waals surface area contributed by atoms with E-state index in [1.807, 2.05) is 13.8 Å². The van der Waals surface area contributed by atoms with Gasteiger partial charge >= 0.3 is 5.69 Å². The molecule has 2 heterocycles. The van der Waals surface area contributed by atoms with E-state index in [0.717, 1.165) is 32.5 Å². The van der Waals surface area contributed by atoms with Crippen LogP contribution in [0.3, 0.4) is 0 Å². The summed E-state index contributed by atoms with van der Waals surface area (Å²) in [5, 5.41) is 14.2. The standard InChI is InChI=1S/C12H16ClN3O3.C2H6/c13-12-7-10(11(8-15-12)16(17)18)14-4-1-9-2-5-19-6-3-9;1-2/h7-9H,1-6H2,(H,14,15);1-2H3. The molecule has 0 aromatic carbocycles. The number of nitrogens with zero attached hydrogens (tertiary/aromatic N) is 2. The van der Waals surface area contributed by atoms with Gasteiger partial charge in [-0.1, -0.05) is 25.4 Å². The van der Waals surface area contributed by atoms with Crippen LogP contribution in [-0.4, -0.2) is 29.7 Å². The number of aromatic nitrogens is 1. The van der Waals surface area contributed by atoms with Crippen molar-refractivity contribution in [3.8, 4) is 0 Å². The average molecular weight is 316 g/mol. The molecule has 0 amide bonds. The van der Waals surface area contributed by atoms with E-state index in [1.165, 1.54) is 12.3 Å². The number of nitro groups is 1. The molecule has 0 spiro atoms. The number of hydrogen-bond donors (Lipinski definition) is 1. The zero-order valence-electron chi connectivity index (χ0n) is 12.5. The van der Waals surface area contributed by atoms with Crippen molar-refractivity contribution in [2.24, 2.45) is 5.92 Å². The fraction of sp³-hybridized carbons (Fsp3) is 0.643. The van der Waals surface area contributed by atoms with Gasteiger partial charge in [0.2, 0.25) is 0 Å². The summed E-state index contributed by atoms with van der Waals surface area (Å²) in [4.78, 5) is 14.1. The minimum atomic E-state index is -0.458. The number of pyridine rings is 1. The summed E-state index contributed by atoms with van der Waals surface area (Å²) in [6.45, 7) is 6.31. The Kier molecular flexibility index (Phi) is 8.00. The van der Waals surface area contributed by atoms with E-state index in [0.29, 0.717) is 18.2 Å². The van der Waals surface area contributed by atoms with Crippen LogP contribution in [0.15, 0.2) is 12.3 Å². The Bertz CT molecular complexity index is 451. The van der Waals surface area contributed by atoms with E-state index >= 15 is 0 Å². The van der Waals surface area contributed by atoms with Crippen LogP contribution >= 0.6 is 11.6 Å². The van der Waals surface area contributed by atoms with E-state index in [9.17, 15) is 10.1 Å². The molecule has 0 unspecified atom stereocenters. The van der Waals surface area contributed by atoms with E-state index < -0.39 is 4.92 Å². The van der Waals surface area contributed by atoms with Gasteiger partial charge in [0.05, 0.1) is 4.92 Å². The molecular formula is C14H22ClN3O3. The highest BCUT2D eigenvalue weighted by Crippen LogP contribution is 2.26. The number of halogens is 1. The summed E-state index contributed by atoms with van der Waals surface area (Å²) in [5.41, 5.74) is 0.383. The van der Waals surface area contributed by atoms with Crippen molar-refractivity contribution in [3.63, 3.8) is 0 Å². The minimum absolute atomic E-state index is 0.0450. The van der Waals surface area contributed by atoms with Crippen LogP contribution in [-0.2, 0) is 4.74 Å². The molecule has 1 aliphatic heterocycles. The zero-order valence-corrected chi connectivity index (χ0v) is 13.2. The summed E-state index contributed by atoms with van der Waals surface area (Å²) >= 11 is 5.76. The van der Waals surface area contributed by atoms with Gasteiger partial charge in [-0.3, -0.25) is 10.1 Å². The van der Waals surface area contributed by atoms with Gasteiger partial charge in [0.25, 0.3) is 0 Å². The normalized spacial score (nSPS) is 15.0. The van der Waals surface area contributed by atoms with Crippen molar-refractivity contribution in [1.82, 2.24) is 4.98 Å².